The summed E-state index contributed by atoms with van der Waals surface area (Å²) in [6, 6.07) is 14.4. The summed E-state index contributed by atoms with van der Waals surface area (Å²) in [7, 11) is 3.08. The summed E-state index contributed by atoms with van der Waals surface area (Å²) in [5, 5.41) is 6.67. The first kappa shape index (κ1) is 33.6. The van der Waals surface area contributed by atoms with Gasteiger partial charge in [-0.05, 0) is 48.9 Å². The fraction of sp³-hybridized carbons (Fsp3) is 0.265. The van der Waals surface area contributed by atoms with E-state index in [0.717, 1.165) is 35.4 Å². The molecule has 47 heavy (non-hydrogen) atoms. The molecular formula is C34H34Cl2N6O5. The van der Waals surface area contributed by atoms with E-state index in [9.17, 15) is 14.4 Å². The number of para-hydroxylation sites is 1. The topological polar surface area (TPSA) is 126 Å². The molecule has 1 aliphatic rings. The standard InChI is InChI=1S/C34H34Cl2N6O5/c1-21-17-28(42-13-15-46-16-14-42)23-5-4-6-29(33(23)40-21)47-20-24-25(35)9-11-27(32(24)36)41(3)31(44)19-39-30(43)12-8-22-7-10-26(38-18-22)34(45)37-2/h4-12,17-18H,13-16,19-20H2,1-3H3,(H,37,45)(H,39,43)/b12-8+. The predicted molar refractivity (Wildman–Crippen MR) is 183 cm³/mol. The van der Waals surface area contributed by atoms with E-state index in [4.69, 9.17) is 37.7 Å². The van der Waals surface area contributed by atoms with Crippen molar-refractivity contribution < 1.29 is 23.9 Å². The van der Waals surface area contributed by atoms with Gasteiger partial charge in [-0.25, -0.2) is 4.98 Å². The third kappa shape index (κ3) is 7.99. The fourth-order valence-electron chi connectivity index (χ4n) is 5.05. The number of rotatable bonds is 10. The van der Waals surface area contributed by atoms with Crippen molar-refractivity contribution in [3.63, 3.8) is 0 Å². The summed E-state index contributed by atoms with van der Waals surface area (Å²) in [5.41, 5.74) is 4.47. The van der Waals surface area contributed by atoms with Gasteiger partial charge in [0.05, 0.1) is 30.5 Å². The van der Waals surface area contributed by atoms with Gasteiger partial charge in [-0.2, -0.15) is 0 Å². The lowest BCUT2D eigenvalue weighted by atomic mass is 10.1. The number of halogens is 2. The Morgan fingerprint density at radius 2 is 1.89 bits per heavy atom. The highest BCUT2D eigenvalue weighted by Crippen LogP contribution is 2.37. The Bertz CT molecular complexity index is 1830. The number of carbonyl (C=O) groups excluding carboxylic acids is 3. The second-order valence-electron chi connectivity index (χ2n) is 10.7. The highest BCUT2D eigenvalue weighted by Gasteiger charge is 2.21. The Balaban J connectivity index is 1.25. The Hall–Kier alpha value is -4.71. The van der Waals surface area contributed by atoms with Crippen LogP contribution in [0.3, 0.4) is 0 Å². The zero-order valence-corrected chi connectivity index (χ0v) is 27.7. The largest absolute Gasteiger partial charge is 0.487 e. The van der Waals surface area contributed by atoms with Crippen molar-refractivity contribution in [2.75, 3.05) is 56.7 Å². The third-order valence-corrected chi connectivity index (χ3v) is 8.40. The minimum atomic E-state index is -0.478. The SMILES string of the molecule is CNC(=O)c1ccc(/C=C/C(=O)NCC(=O)N(C)c2ccc(Cl)c(COc3cccc4c(N5CCOCC5)cc(C)nc34)c2Cl)cn1. The second-order valence-corrected chi connectivity index (χ2v) is 11.5. The van der Waals surface area contributed by atoms with Gasteiger partial charge in [-0.1, -0.05) is 41.4 Å². The number of benzene rings is 2. The number of ether oxygens (including phenoxy) is 2. The summed E-state index contributed by atoms with van der Waals surface area (Å²) in [6.45, 7) is 4.64. The number of aryl methyl sites for hydroxylation is 1. The van der Waals surface area contributed by atoms with Crippen LogP contribution in [0.5, 0.6) is 5.75 Å². The normalized spacial score (nSPS) is 13.1. The lowest BCUT2D eigenvalue weighted by Crippen LogP contribution is -2.37. The molecule has 3 heterocycles. The maximum absolute atomic E-state index is 13.0. The van der Waals surface area contributed by atoms with Gasteiger partial charge in [0.15, 0.2) is 0 Å². The average molecular weight is 678 g/mol. The molecule has 0 radical (unpaired) electrons. The molecule has 0 spiro atoms. The van der Waals surface area contributed by atoms with Gasteiger partial charge in [0.25, 0.3) is 5.91 Å². The van der Waals surface area contributed by atoms with Crippen molar-refractivity contribution in [1.82, 2.24) is 20.6 Å². The zero-order chi connectivity index (χ0) is 33.5. The number of carbonyl (C=O) groups is 3. The van der Waals surface area contributed by atoms with E-state index in [1.165, 1.54) is 30.3 Å². The van der Waals surface area contributed by atoms with E-state index < -0.39 is 11.8 Å². The number of morpholine rings is 1. The van der Waals surface area contributed by atoms with E-state index >= 15 is 0 Å². The van der Waals surface area contributed by atoms with Crippen LogP contribution in [0.15, 0.2) is 60.8 Å². The van der Waals surface area contributed by atoms with Gasteiger partial charge in [-0.3, -0.25) is 19.4 Å². The Kier molecular flexibility index (Phi) is 10.9. The summed E-state index contributed by atoms with van der Waals surface area (Å²) in [5.74, 6) is -0.605. The summed E-state index contributed by atoms with van der Waals surface area (Å²) in [6.07, 6.45) is 4.28. The Morgan fingerprint density at radius 3 is 2.62 bits per heavy atom. The number of amides is 3. The molecule has 2 N–H and O–H groups in total. The molecule has 2 aromatic heterocycles. The maximum Gasteiger partial charge on any atom is 0.269 e. The second kappa shape index (κ2) is 15.3. The highest BCUT2D eigenvalue weighted by molar-refractivity contribution is 6.38. The third-order valence-electron chi connectivity index (χ3n) is 7.62. The van der Waals surface area contributed by atoms with Gasteiger partial charge in [0.1, 0.15) is 23.6 Å². The van der Waals surface area contributed by atoms with E-state index in [2.05, 4.69) is 26.6 Å². The van der Waals surface area contributed by atoms with Crippen molar-refractivity contribution in [1.29, 1.82) is 0 Å². The highest BCUT2D eigenvalue weighted by atomic mass is 35.5. The van der Waals surface area contributed by atoms with Gasteiger partial charge in [0.2, 0.25) is 11.8 Å². The fourth-order valence-corrected chi connectivity index (χ4v) is 5.66. The molecule has 0 atom stereocenters. The molecular weight excluding hydrogens is 643 g/mol. The molecule has 5 rings (SSSR count). The molecule has 13 heteroatoms. The molecule has 4 aromatic rings. The van der Waals surface area contributed by atoms with Crippen LogP contribution in [0.1, 0.15) is 27.3 Å². The number of nitrogens with zero attached hydrogens (tertiary/aromatic N) is 4. The Morgan fingerprint density at radius 1 is 1.11 bits per heavy atom. The quantitative estimate of drug-likeness (QED) is 0.229. The molecule has 1 aliphatic heterocycles. The van der Waals surface area contributed by atoms with Gasteiger partial charge < -0.3 is 29.9 Å². The van der Waals surface area contributed by atoms with Crippen molar-refractivity contribution in [2.24, 2.45) is 0 Å². The van der Waals surface area contributed by atoms with Crippen LogP contribution in [0.2, 0.25) is 10.0 Å². The number of hydrogen-bond acceptors (Lipinski definition) is 8. The molecule has 11 nitrogen and oxygen atoms in total. The summed E-state index contributed by atoms with van der Waals surface area (Å²) in [4.78, 5) is 49.5. The van der Waals surface area contributed by atoms with E-state index in [-0.39, 0.29) is 29.8 Å². The Labute approximate surface area is 282 Å². The van der Waals surface area contributed by atoms with E-state index in [1.807, 2.05) is 25.1 Å². The molecule has 2 aromatic carbocycles. The van der Waals surface area contributed by atoms with E-state index in [1.54, 1.807) is 31.3 Å². The molecule has 3 amide bonds. The molecule has 1 fully saturated rings. The summed E-state index contributed by atoms with van der Waals surface area (Å²) < 4.78 is 11.8. The molecule has 0 unspecified atom stereocenters. The zero-order valence-electron chi connectivity index (χ0n) is 26.2. The number of likely N-dealkylation sites (N-methyl/N-ethyl adjacent to an activating group) is 1. The lowest BCUT2D eigenvalue weighted by molar-refractivity contribution is -0.122. The van der Waals surface area contributed by atoms with Crippen LogP contribution in [0, 0.1) is 6.92 Å². The van der Waals surface area contributed by atoms with Crippen molar-refractivity contribution >= 4 is 69.3 Å². The minimum absolute atomic E-state index is 0.0373. The number of nitrogens with one attached hydrogen (secondary N) is 2. The first-order valence-electron chi connectivity index (χ1n) is 14.9. The maximum atomic E-state index is 13.0. The van der Waals surface area contributed by atoms with Crippen LogP contribution < -0.4 is 25.2 Å². The number of aromatic nitrogens is 2. The monoisotopic (exact) mass is 676 g/mol. The van der Waals surface area contributed by atoms with Crippen molar-refractivity contribution in [3.05, 3.63) is 93.4 Å². The van der Waals surface area contributed by atoms with Crippen molar-refractivity contribution in [2.45, 2.75) is 13.5 Å². The molecule has 1 saturated heterocycles. The van der Waals surface area contributed by atoms with Crippen LogP contribution in [-0.2, 0) is 20.9 Å². The number of pyridine rings is 2. The first-order valence-corrected chi connectivity index (χ1v) is 15.6. The van der Waals surface area contributed by atoms with Gasteiger partial charge in [0, 0.05) is 66.8 Å². The van der Waals surface area contributed by atoms with Crippen LogP contribution in [0.25, 0.3) is 17.0 Å². The van der Waals surface area contributed by atoms with Crippen LogP contribution in [-0.4, -0.2) is 74.6 Å². The van der Waals surface area contributed by atoms with Crippen LogP contribution in [0.4, 0.5) is 11.4 Å². The summed E-state index contributed by atoms with van der Waals surface area (Å²) >= 11 is 13.3. The predicted octanol–water partition coefficient (Wildman–Crippen LogP) is 4.81. The van der Waals surface area contributed by atoms with Gasteiger partial charge >= 0.3 is 0 Å². The van der Waals surface area contributed by atoms with E-state index in [0.29, 0.717) is 40.8 Å². The van der Waals surface area contributed by atoms with Crippen LogP contribution >= 0.6 is 23.2 Å². The number of anilines is 2. The first-order chi connectivity index (χ1) is 22.7. The average Bonchev–Trinajstić information content (AvgIpc) is 3.09. The van der Waals surface area contributed by atoms with Crippen molar-refractivity contribution in [3.8, 4) is 5.75 Å². The minimum Gasteiger partial charge on any atom is -0.487 e. The number of hydrogen-bond donors (Lipinski definition) is 2. The molecule has 0 bridgehead atoms. The number of fused-ring (bicyclic) bond motifs is 1. The molecule has 0 aliphatic carbocycles. The smallest absolute Gasteiger partial charge is 0.269 e. The lowest BCUT2D eigenvalue weighted by Gasteiger charge is -2.30. The molecule has 244 valence electrons. The van der Waals surface area contributed by atoms with Gasteiger partial charge in [-0.15, -0.1) is 0 Å². The molecule has 0 saturated carbocycles.